The number of hydrogen-bond acceptors (Lipinski definition) is 2. The second kappa shape index (κ2) is 5.72. The third-order valence-corrected chi connectivity index (χ3v) is 3.50. The van der Waals surface area contributed by atoms with Crippen molar-refractivity contribution in [2.45, 2.75) is 26.4 Å². The lowest BCUT2D eigenvalue weighted by Gasteiger charge is -2.12. The Morgan fingerprint density at radius 3 is 2.67 bits per heavy atom. The summed E-state index contributed by atoms with van der Waals surface area (Å²) in [6, 6.07) is 9.87. The molecule has 2 nitrogen and oxygen atoms in total. The van der Waals surface area contributed by atoms with Crippen molar-refractivity contribution in [2.24, 2.45) is 5.92 Å². The van der Waals surface area contributed by atoms with Gasteiger partial charge in [0, 0.05) is 5.56 Å². The van der Waals surface area contributed by atoms with Gasteiger partial charge in [-0.25, -0.2) is 0 Å². The maximum atomic E-state index is 10.3. The molecule has 0 radical (unpaired) electrons. The molecule has 1 aromatic heterocycles. The zero-order valence-corrected chi connectivity index (χ0v) is 12.1. The molecule has 3 heteroatoms. The Morgan fingerprint density at radius 2 is 2.06 bits per heavy atom. The standard InChI is InChI=1S/C15H17BrO2/c1-10(2)8-11-4-3-5-12(9-11)14(17)13-6-7-18-15(13)16/h3-7,9-10,14,17H,8H2,1-2H3. The van der Waals surface area contributed by atoms with Gasteiger partial charge in [0.2, 0.25) is 0 Å². The van der Waals surface area contributed by atoms with Crippen molar-refractivity contribution >= 4 is 15.9 Å². The largest absolute Gasteiger partial charge is 0.457 e. The number of aliphatic hydroxyl groups excluding tert-OH is 1. The van der Waals surface area contributed by atoms with Crippen LogP contribution in [-0.4, -0.2) is 5.11 Å². The van der Waals surface area contributed by atoms with Gasteiger partial charge in [-0.15, -0.1) is 0 Å². The average Bonchev–Trinajstić information content (AvgIpc) is 2.74. The van der Waals surface area contributed by atoms with Crippen molar-refractivity contribution in [1.29, 1.82) is 0 Å². The van der Waals surface area contributed by atoms with Crippen molar-refractivity contribution in [2.75, 3.05) is 0 Å². The summed E-state index contributed by atoms with van der Waals surface area (Å²) < 4.78 is 5.75. The van der Waals surface area contributed by atoms with E-state index in [1.54, 1.807) is 12.3 Å². The molecule has 1 heterocycles. The highest BCUT2D eigenvalue weighted by molar-refractivity contribution is 9.10. The van der Waals surface area contributed by atoms with Crippen LogP contribution < -0.4 is 0 Å². The van der Waals surface area contributed by atoms with Crippen LogP contribution in [0.4, 0.5) is 0 Å². The van der Waals surface area contributed by atoms with Gasteiger partial charge >= 0.3 is 0 Å². The van der Waals surface area contributed by atoms with E-state index in [4.69, 9.17) is 4.42 Å². The van der Waals surface area contributed by atoms with Crippen molar-refractivity contribution in [3.05, 3.63) is 58.0 Å². The Bertz CT molecular complexity index is 517. The molecule has 0 aliphatic rings. The van der Waals surface area contributed by atoms with Crippen LogP contribution in [0.2, 0.25) is 0 Å². The molecule has 2 rings (SSSR count). The first-order valence-corrected chi connectivity index (χ1v) is 6.87. The maximum Gasteiger partial charge on any atom is 0.175 e. The van der Waals surface area contributed by atoms with Crippen molar-refractivity contribution in [3.63, 3.8) is 0 Å². The Balaban J connectivity index is 2.25. The molecule has 0 saturated heterocycles. The lowest BCUT2D eigenvalue weighted by molar-refractivity contribution is 0.218. The number of rotatable bonds is 4. The second-order valence-electron chi connectivity index (χ2n) is 4.90. The van der Waals surface area contributed by atoms with E-state index in [0.717, 1.165) is 17.5 Å². The summed E-state index contributed by atoms with van der Waals surface area (Å²) in [6.45, 7) is 4.38. The summed E-state index contributed by atoms with van der Waals surface area (Å²) >= 11 is 3.30. The van der Waals surface area contributed by atoms with E-state index < -0.39 is 6.10 Å². The molecule has 0 amide bonds. The van der Waals surface area contributed by atoms with Crippen molar-refractivity contribution < 1.29 is 9.52 Å². The number of benzene rings is 1. The monoisotopic (exact) mass is 308 g/mol. The maximum absolute atomic E-state index is 10.3. The molecule has 0 aliphatic carbocycles. The summed E-state index contributed by atoms with van der Waals surface area (Å²) in [5.41, 5.74) is 2.91. The molecule has 1 atom stereocenters. The fourth-order valence-electron chi connectivity index (χ4n) is 2.04. The Kier molecular flexibility index (Phi) is 4.25. The highest BCUT2D eigenvalue weighted by Gasteiger charge is 2.16. The number of halogens is 1. The number of aliphatic hydroxyl groups is 1. The molecule has 18 heavy (non-hydrogen) atoms. The first-order chi connectivity index (χ1) is 8.58. The SMILES string of the molecule is CC(C)Cc1cccc(C(O)c2ccoc2Br)c1. The molecule has 0 bridgehead atoms. The third-order valence-electron chi connectivity index (χ3n) is 2.85. The fraction of sp³-hybridized carbons (Fsp3) is 0.333. The van der Waals surface area contributed by atoms with Gasteiger partial charge in [-0.05, 0) is 45.5 Å². The summed E-state index contributed by atoms with van der Waals surface area (Å²) in [5, 5.41) is 10.3. The molecular formula is C15H17BrO2. The molecular weight excluding hydrogens is 292 g/mol. The average molecular weight is 309 g/mol. The summed E-state index contributed by atoms with van der Waals surface area (Å²) in [6.07, 6.45) is 1.94. The predicted molar refractivity (Wildman–Crippen MR) is 75.5 cm³/mol. The van der Waals surface area contributed by atoms with Crippen LogP contribution in [-0.2, 0) is 6.42 Å². The van der Waals surface area contributed by atoms with Crippen LogP contribution in [0, 0.1) is 5.92 Å². The van der Waals surface area contributed by atoms with Gasteiger partial charge in [0.25, 0.3) is 0 Å². The molecule has 0 aliphatic heterocycles. The van der Waals surface area contributed by atoms with Crippen LogP contribution in [0.1, 0.15) is 36.6 Å². The van der Waals surface area contributed by atoms with E-state index in [0.29, 0.717) is 10.6 Å². The minimum Gasteiger partial charge on any atom is -0.457 e. The van der Waals surface area contributed by atoms with Crippen molar-refractivity contribution in [3.8, 4) is 0 Å². The quantitative estimate of drug-likeness (QED) is 0.912. The van der Waals surface area contributed by atoms with Crippen LogP contribution in [0.15, 0.2) is 45.7 Å². The molecule has 0 fully saturated rings. The minimum absolute atomic E-state index is 0.587. The fourth-order valence-corrected chi connectivity index (χ4v) is 2.50. The van der Waals surface area contributed by atoms with Gasteiger partial charge in [0.05, 0.1) is 6.26 Å². The normalized spacial score (nSPS) is 12.9. The first kappa shape index (κ1) is 13.4. The van der Waals surface area contributed by atoms with Crippen LogP contribution in [0.25, 0.3) is 0 Å². The Morgan fingerprint density at radius 1 is 1.28 bits per heavy atom. The van der Waals surface area contributed by atoms with E-state index >= 15 is 0 Å². The highest BCUT2D eigenvalue weighted by atomic mass is 79.9. The van der Waals surface area contributed by atoms with Gasteiger partial charge in [0.1, 0.15) is 6.10 Å². The zero-order valence-electron chi connectivity index (χ0n) is 10.6. The second-order valence-corrected chi connectivity index (χ2v) is 5.62. The molecule has 96 valence electrons. The lowest BCUT2D eigenvalue weighted by Crippen LogP contribution is -2.01. The van der Waals surface area contributed by atoms with E-state index in [9.17, 15) is 5.11 Å². The lowest BCUT2D eigenvalue weighted by atomic mass is 9.97. The van der Waals surface area contributed by atoms with Crippen LogP contribution in [0.3, 0.4) is 0 Å². The zero-order chi connectivity index (χ0) is 13.1. The van der Waals surface area contributed by atoms with Crippen LogP contribution in [0.5, 0.6) is 0 Å². The smallest absolute Gasteiger partial charge is 0.175 e. The van der Waals surface area contributed by atoms with Gasteiger partial charge in [-0.1, -0.05) is 38.1 Å². The molecule has 2 aromatic rings. The summed E-state index contributed by atoms with van der Waals surface area (Å²) in [5.74, 6) is 0.609. The first-order valence-electron chi connectivity index (χ1n) is 6.07. The Hall–Kier alpha value is -1.06. The molecule has 1 unspecified atom stereocenters. The van der Waals surface area contributed by atoms with E-state index in [2.05, 4.69) is 41.9 Å². The van der Waals surface area contributed by atoms with E-state index in [-0.39, 0.29) is 0 Å². The summed E-state index contributed by atoms with van der Waals surface area (Å²) in [4.78, 5) is 0. The third kappa shape index (κ3) is 3.03. The van der Waals surface area contributed by atoms with Gasteiger partial charge < -0.3 is 9.52 Å². The van der Waals surface area contributed by atoms with Gasteiger partial charge in [0.15, 0.2) is 4.67 Å². The van der Waals surface area contributed by atoms with Gasteiger partial charge in [-0.3, -0.25) is 0 Å². The van der Waals surface area contributed by atoms with Gasteiger partial charge in [-0.2, -0.15) is 0 Å². The minimum atomic E-state index is -0.648. The topological polar surface area (TPSA) is 33.4 Å². The molecule has 1 aromatic carbocycles. The van der Waals surface area contributed by atoms with E-state index in [1.165, 1.54) is 5.56 Å². The summed E-state index contributed by atoms with van der Waals surface area (Å²) in [7, 11) is 0. The molecule has 1 N–H and O–H groups in total. The highest BCUT2D eigenvalue weighted by Crippen LogP contribution is 2.29. The van der Waals surface area contributed by atoms with E-state index in [1.807, 2.05) is 12.1 Å². The molecule has 0 saturated carbocycles. The number of furan rings is 1. The van der Waals surface area contributed by atoms with Crippen LogP contribution >= 0.6 is 15.9 Å². The Labute approximate surface area is 116 Å². The molecule has 0 spiro atoms. The number of hydrogen-bond donors (Lipinski definition) is 1. The predicted octanol–water partition coefficient (Wildman–Crippen LogP) is 4.32. The van der Waals surface area contributed by atoms with Crippen molar-refractivity contribution in [1.82, 2.24) is 0 Å².